The second-order valence-electron chi connectivity index (χ2n) is 11.8. The van der Waals surface area contributed by atoms with Gasteiger partial charge >= 0.3 is 0 Å². The van der Waals surface area contributed by atoms with E-state index in [0.717, 1.165) is 62.3 Å². The highest BCUT2D eigenvalue weighted by atomic mass is 15.6. The largest absolute Gasteiger partial charge is 0.368 e. The van der Waals surface area contributed by atoms with E-state index in [2.05, 4.69) is 98.7 Å². The molecular formula is C34H43N7. The van der Waals surface area contributed by atoms with Crippen LogP contribution in [0.4, 0.5) is 17.1 Å². The van der Waals surface area contributed by atoms with Gasteiger partial charge in [0.15, 0.2) is 0 Å². The van der Waals surface area contributed by atoms with E-state index in [0.29, 0.717) is 12.0 Å². The van der Waals surface area contributed by atoms with Gasteiger partial charge in [0.2, 0.25) is 0 Å². The second kappa shape index (κ2) is 12.3. The van der Waals surface area contributed by atoms with Crippen molar-refractivity contribution < 1.29 is 0 Å². The van der Waals surface area contributed by atoms with Gasteiger partial charge in [-0.2, -0.15) is 5.10 Å². The fraction of sp³-hybridized carbons (Fsp3) is 0.441. The lowest BCUT2D eigenvalue weighted by atomic mass is 9.96. The Balaban J connectivity index is 0.964. The molecule has 3 atom stereocenters. The molecule has 0 radical (unpaired) electrons. The van der Waals surface area contributed by atoms with Gasteiger partial charge in [0.25, 0.3) is 0 Å². The zero-order valence-electron chi connectivity index (χ0n) is 24.6. The van der Waals surface area contributed by atoms with E-state index < -0.39 is 0 Å². The third-order valence-electron chi connectivity index (χ3n) is 9.25. The van der Waals surface area contributed by atoms with Crippen LogP contribution in [0, 0.1) is 5.92 Å². The van der Waals surface area contributed by atoms with Crippen molar-refractivity contribution in [1.29, 1.82) is 0 Å². The summed E-state index contributed by atoms with van der Waals surface area (Å²) in [6.07, 6.45) is 12.8. The number of rotatable bonds is 9. The van der Waals surface area contributed by atoms with Crippen LogP contribution in [0.3, 0.4) is 0 Å². The fourth-order valence-electron chi connectivity index (χ4n) is 6.49. The smallest absolute Gasteiger partial charge is 0.131 e. The number of benzene rings is 2. The summed E-state index contributed by atoms with van der Waals surface area (Å²) in [6, 6.07) is 20.4. The van der Waals surface area contributed by atoms with Crippen LogP contribution < -0.4 is 14.7 Å². The molecule has 6 rings (SSSR count). The molecule has 2 aromatic carbocycles. The third-order valence-corrected chi connectivity index (χ3v) is 9.25. The average molecular weight is 550 g/mol. The normalized spacial score (nSPS) is 21.7. The van der Waals surface area contributed by atoms with Gasteiger partial charge in [0.05, 0.1) is 6.04 Å². The van der Waals surface area contributed by atoms with Crippen molar-refractivity contribution in [3.63, 3.8) is 0 Å². The van der Waals surface area contributed by atoms with E-state index >= 15 is 0 Å². The number of piperazine rings is 1. The summed E-state index contributed by atoms with van der Waals surface area (Å²) >= 11 is 0. The van der Waals surface area contributed by atoms with Gasteiger partial charge in [-0.3, -0.25) is 4.90 Å². The van der Waals surface area contributed by atoms with Crippen molar-refractivity contribution in [3.05, 3.63) is 90.8 Å². The first-order valence-electron chi connectivity index (χ1n) is 15.4. The molecule has 2 aliphatic heterocycles. The Morgan fingerprint density at radius 3 is 2.10 bits per heavy atom. The van der Waals surface area contributed by atoms with Crippen molar-refractivity contribution in [2.75, 3.05) is 40.9 Å². The highest BCUT2D eigenvalue weighted by Gasteiger charge is 2.27. The maximum absolute atomic E-state index is 4.56. The number of anilines is 3. The van der Waals surface area contributed by atoms with Crippen molar-refractivity contribution in [1.82, 2.24) is 15.0 Å². The Labute approximate surface area is 245 Å². The predicted molar refractivity (Wildman–Crippen MR) is 169 cm³/mol. The minimum atomic E-state index is 0.344. The van der Waals surface area contributed by atoms with Gasteiger partial charge in [-0.25, -0.2) is 15.0 Å². The molecule has 0 amide bonds. The molecule has 2 fully saturated rings. The summed E-state index contributed by atoms with van der Waals surface area (Å²) in [4.78, 5) is 16.1. The lowest BCUT2D eigenvalue weighted by molar-refractivity contribution is 0.286. The number of hydrazone groups is 1. The van der Waals surface area contributed by atoms with Crippen LogP contribution in [-0.2, 0) is 6.42 Å². The highest BCUT2D eigenvalue weighted by Crippen LogP contribution is 2.39. The molecule has 3 aromatic rings. The number of aryl methyl sites for hydroxylation is 1. The van der Waals surface area contributed by atoms with E-state index in [9.17, 15) is 0 Å². The van der Waals surface area contributed by atoms with E-state index in [-0.39, 0.29) is 0 Å². The topological polar surface area (TPSA) is 51.1 Å². The van der Waals surface area contributed by atoms with Gasteiger partial charge in [0, 0.05) is 61.6 Å². The fourth-order valence-corrected chi connectivity index (χ4v) is 6.49. The second-order valence-corrected chi connectivity index (χ2v) is 11.8. The molecular weight excluding hydrogens is 506 g/mol. The van der Waals surface area contributed by atoms with Crippen LogP contribution in [0.2, 0.25) is 0 Å². The van der Waals surface area contributed by atoms with Crippen LogP contribution in [-0.4, -0.2) is 53.5 Å². The monoisotopic (exact) mass is 549 g/mol. The summed E-state index contributed by atoms with van der Waals surface area (Å²) in [5, 5.41) is 6.56. The molecule has 3 heterocycles. The van der Waals surface area contributed by atoms with E-state index in [1.165, 1.54) is 42.6 Å². The van der Waals surface area contributed by atoms with Gasteiger partial charge in [-0.05, 0) is 99.4 Å². The lowest BCUT2D eigenvalue weighted by Gasteiger charge is -2.37. The molecule has 7 nitrogen and oxygen atoms in total. The lowest BCUT2D eigenvalue weighted by Crippen LogP contribution is -2.46. The first-order chi connectivity index (χ1) is 20.1. The van der Waals surface area contributed by atoms with Crippen LogP contribution in [0.15, 0.2) is 84.5 Å². The molecule has 3 aliphatic rings. The van der Waals surface area contributed by atoms with Crippen LogP contribution >= 0.6 is 0 Å². The quantitative estimate of drug-likeness (QED) is 0.298. The Bertz CT molecular complexity index is 1310. The number of hydrogen-bond donors (Lipinski definition) is 0. The number of nitrogens with zero attached hydrogens (tertiary/aromatic N) is 7. The van der Waals surface area contributed by atoms with E-state index in [1.807, 2.05) is 29.8 Å². The molecule has 0 N–H and O–H groups in total. The van der Waals surface area contributed by atoms with E-state index in [4.69, 9.17) is 0 Å². The predicted octanol–water partition coefficient (Wildman–Crippen LogP) is 6.65. The van der Waals surface area contributed by atoms with Gasteiger partial charge in [0.1, 0.15) is 18.0 Å². The van der Waals surface area contributed by atoms with Crippen LogP contribution in [0.25, 0.3) is 0 Å². The minimum Gasteiger partial charge on any atom is -0.368 e. The minimum absolute atomic E-state index is 0.344. The summed E-state index contributed by atoms with van der Waals surface area (Å²) in [7, 11) is 0. The van der Waals surface area contributed by atoms with Crippen LogP contribution in [0.1, 0.15) is 63.3 Å². The van der Waals surface area contributed by atoms with Crippen molar-refractivity contribution >= 4 is 23.4 Å². The van der Waals surface area contributed by atoms with Crippen molar-refractivity contribution in [2.24, 2.45) is 11.0 Å². The number of hydrogen-bond acceptors (Lipinski definition) is 7. The van der Waals surface area contributed by atoms with E-state index in [1.54, 1.807) is 0 Å². The SMILES string of the molecule is C=C1N(c2ccc(N3CCN(c4ccc(CC[C@@H]5CCC(c6ncccn6)C5)cc4)CC3)cc2)C=NN1C(C)CC. The van der Waals surface area contributed by atoms with Gasteiger partial charge in [-0.15, -0.1) is 0 Å². The number of aromatic nitrogens is 2. The molecule has 0 bridgehead atoms. The molecule has 7 heteroatoms. The molecule has 0 spiro atoms. The summed E-state index contributed by atoms with van der Waals surface area (Å²) in [5.41, 5.74) is 5.16. The maximum atomic E-state index is 4.56. The van der Waals surface area contributed by atoms with Crippen LogP contribution in [0.5, 0.6) is 0 Å². The Morgan fingerprint density at radius 2 is 1.46 bits per heavy atom. The molecule has 1 saturated heterocycles. The average Bonchev–Trinajstić information content (AvgIpc) is 3.67. The molecule has 1 aliphatic carbocycles. The molecule has 1 aromatic heterocycles. The van der Waals surface area contributed by atoms with Crippen molar-refractivity contribution in [2.45, 2.75) is 64.3 Å². The first-order valence-corrected chi connectivity index (χ1v) is 15.4. The summed E-state index contributed by atoms with van der Waals surface area (Å²) < 4.78 is 0. The van der Waals surface area contributed by atoms with Crippen molar-refractivity contribution in [3.8, 4) is 0 Å². The summed E-state index contributed by atoms with van der Waals surface area (Å²) in [6.45, 7) is 12.7. The summed E-state index contributed by atoms with van der Waals surface area (Å²) in [5.74, 6) is 3.28. The zero-order chi connectivity index (χ0) is 28.2. The Hall–Kier alpha value is -3.87. The molecule has 41 heavy (non-hydrogen) atoms. The Morgan fingerprint density at radius 1 is 0.854 bits per heavy atom. The van der Waals surface area contributed by atoms with Gasteiger partial charge in [-0.1, -0.05) is 25.6 Å². The Kier molecular flexibility index (Phi) is 8.21. The standard InChI is InChI=1S/C34H43N7/c1-4-26(2)41-27(3)40(25-37-41)33-16-14-32(15-17-33)39-22-20-38(21-23-39)31-12-9-28(10-13-31)6-7-29-8-11-30(24-29)34-35-18-5-19-36-34/h5,9-10,12-19,25-26,29-30H,3-4,6-8,11,20-24H2,1-2H3/t26?,29-,30?/m1/s1. The molecule has 1 saturated carbocycles. The first kappa shape index (κ1) is 27.3. The molecule has 214 valence electrons. The molecule has 2 unspecified atom stereocenters. The highest BCUT2D eigenvalue weighted by molar-refractivity contribution is 5.85. The zero-order valence-corrected chi connectivity index (χ0v) is 24.6. The maximum Gasteiger partial charge on any atom is 0.131 e. The third kappa shape index (κ3) is 6.09. The van der Waals surface area contributed by atoms with Gasteiger partial charge < -0.3 is 9.80 Å².